The van der Waals surface area contributed by atoms with Crippen LogP contribution in [-0.2, 0) is 6.54 Å². The van der Waals surface area contributed by atoms with Crippen molar-refractivity contribution < 1.29 is 14.3 Å². The number of carbonyl (C=O) groups is 2. The molecule has 1 heterocycles. The second-order valence-corrected chi connectivity index (χ2v) is 6.16. The number of primary amides is 1. The van der Waals surface area contributed by atoms with Crippen molar-refractivity contribution in [1.82, 2.24) is 16.2 Å². The lowest BCUT2D eigenvalue weighted by atomic mass is 9.97. The number of hydrogen-bond acceptors (Lipinski definition) is 5. The summed E-state index contributed by atoms with van der Waals surface area (Å²) in [5.74, 6) is 0.305. The van der Waals surface area contributed by atoms with Gasteiger partial charge in [0.25, 0.3) is 5.91 Å². The summed E-state index contributed by atoms with van der Waals surface area (Å²) in [5.41, 5.74) is 14.3. The molecule has 1 fully saturated rings. The number of carbonyl (C=O) groups excluding carboxylic acids is 2. The molecule has 0 unspecified atom stereocenters. The van der Waals surface area contributed by atoms with Crippen molar-refractivity contribution in [2.75, 3.05) is 20.2 Å². The lowest BCUT2D eigenvalue weighted by Crippen LogP contribution is -2.23. The number of ether oxygens (including phenoxy) is 1. The van der Waals surface area contributed by atoms with E-state index in [0.717, 1.165) is 24.2 Å². The summed E-state index contributed by atoms with van der Waals surface area (Å²) in [6, 6.07) is 12.4. The maximum Gasteiger partial charge on any atom is 0.251 e. The molecule has 0 spiro atoms. The number of hydrazine groups is 1. The number of hydrogen-bond donors (Lipinski definition) is 4. The zero-order chi connectivity index (χ0) is 18.5. The van der Waals surface area contributed by atoms with Crippen LogP contribution in [0.15, 0.2) is 42.5 Å². The van der Waals surface area contributed by atoms with E-state index in [0.29, 0.717) is 29.3 Å². The van der Waals surface area contributed by atoms with E-state index in [9.17, 15) is 9.59 Å². The Bertz CT molecular complexity index is 816. The van der Waals surface area contributed by atoms with Gasteiger partial charge in [-0.15, -0.1) is 0 Å². The molecule has 0 radical (unpaired) electrons. The molecule has 1 aliphatic heterocycles. The van der Waals surface area contributed by atoms with Gasteiger partial charge in [0.2, 0.25) is 5.91 Å². The largest absolute Gasteiger partial charge is 0.496 e. The van der Waals surface area contributed by atoms with E-state index in [1.165, 1.54) is 0 Å². The summed E-state index contributed by atoms with van der Waals surface area (Å²) >= 11 is 0. The first-order valence-electron chi connectivity index (χ1n) is 8.39. The van der Waals surface area contributed by atoms with Crippen molar-refractivity contribution in [3.63, 3.8) is 0 Å². The molecular weight excluding hydrogens is 332 g/mol. The molecule has 0 atom stereocenters. The van der Waals surface area contributed by atoms with Crippen molar-refractivity contribution in [3.8, 4) is 5.75 Å². The van der Waals surface area contributed by atoms with Crippen LogP contribution in [-0.4, -0.2) is 32.0 Å². The van der Waals surface area contributed by atoms with E-state index >= 15 is 0 Å². The second kappa shape index (κ2) is 7.99. The summed E-state index contributed by atoms with van der Waals surface area (Å²) < 4.78 is 5.47. The molecule has 26 heavy (non-hydrogen) atoms. The monoisotopic (exact) mass is 354 g/mol. The first-order valence-corrected chi connectivity index (χ1v) is 8.39. The molecule has 2 aromatic rings. The molecule has 0 aromatic heterocycles. The van der Waals surface area contributed by atoms with Crippen molar-refractivity contribution in [2.24, 2.45) is 5.73 Å². The van der Waals surface area contributed by atoms with Crippen LogP contribution in [0, 0.1) is 0 Å². The number of benzene rings is 2. The molecule has 0 aliphatic carbocycles. The molecule has 136 valence electrons. The molecule has 7 heteroatoms. The molecule has 1 aliphatic rings. The third-order valence-corrected chi connectivity index (χ3v) is 4.42. The predicted molar refractivity (Wildman–Crippen MR) is 97.9 cm³/mol. The molecule has 0 saturated carbocycles. The quantitative estimate of drug-likeness (QED) is 0.617. The first kappa shape index (κ1) is 17.9. The van der Waals surface area contributed by atoms with E-state index < -0.39 is 5.91 Å². The number of nitrogens with one attached hydrogen (secondary N) is 3. The Morgan fingerprint density at radius 2 is 1.92 bits per heavy atom. The van der Waals surface area contributed by atoms with Gasteiger partial charge in [0.15, 0.2) is 0 Å². The van der Waals surface area contributed by atoms with Crippen LogP contribution in [0.3, 0.4) is 0 Å². The van der Waals surface area contributed by atoms with Gasteiger partial charge < -0.3 is 15.8 Å². The van der Waals surface area contributed by atoms with Crippen LogP contribution in [0.25, 0.3) is 0 Å². The topological polar surface area (TPSA) is 105 Å². The summed E-state index contributed by atoms with van der Waals surface area (Å²) in [7, 11) is 1.60. The van der Waals surface area contributed by atoms with Crippen LogP contribution in [0.5, 0.6) is 5.75 Å². The normalized spacial score (nSPS) is 14.2. The average Bonchev–Trinajstić information content (AvgIpc) is 3.20. The minimum atomic E-state index is -0.491. The third-order valence-electron chi connectivity index (χ3n) is 4.42. The Kier molecular flexibility index (Phi) is 5.50. The molecule has 3 rings (SSSR count). The third kappa shape index (κ3) is 4.01. The Labute approximate surface area is 151 Å². The highest BCUT2D eigenvalue weighted by atomic mass is 16.5. The number of nitrogens with two attached hydrogens (primary N) is 1. The zero-order valence-electron chi connectivity index (χ0n) is 14.5. The van der Waals surface area contributed by atoms with Crippen LogP contribution in [0.4, 0.5) is 0 Å². The fraction of sp³-hybridized carbons (Fsp3) is 0.263. The molecule has 1 saturated heterocycles. The minimum absolute atomic E-state index is 0.206. The van der Waals surface area contributed by atoms with Crippen molar-refractivity contribution in [3.05, 3.63) is 64.7 Å². The maximum absolute atomic E-state index is 12.5. The standard InChI is InChI=1S/C19H22N4O3/c1-26-17-8-14(5-6-16(17)15-10-22-23-11-15)19(25)21-9-12-3-2-4-13(7-12)18(20)24/h2-8,15,22-23H,9-11H2,1H3,(H2,20,24)(H,21,25). The number of amides is 2. The second-order valence-electron chi connectivity index (χ2n) is 6.16. The fourth-order valence-corrected chi connectivity index (χ4v) is 2.99. The Hall–Kier alpha value is -2.90. The summed E-state index contributed by atoms with van der Waals surface area (Å²) in [4.78, 5) is 23.7. The van der Waals surface area contributed by atoms with Gasteiger partial charge in [-0.1, -0.05) is 18.2 Å². The lowest BCUT2D eigenvalue weighted by Gasteiger charge is -2.15. The van der Waals surface area contributed by atoms with E-state index in [1.807, 2.05) is 12.1 Å². The van der Waals surface area contributed by atoms with E-state index in [-0.39, 0.29) is 5.91 Å². The maximum atomic E-state index is 12.5. The summed E-state index contributed by atoms with van der Waals surface area (Å²) in [5, 5.41) is 2.85. The Balaban J connectivity index is 1.69. The van der Waals surface area contributed by atoms with Crippen molar-refractivity contribution >= 4 is 11.8 Å². The Morgan fingerprint density at radius 1 is 1.15 bits per heavy atom. The van der Waals surface area contributed by atoms with Gasteiger partial charge in [0.1, 0.15) is 5.75 Å². The average molecular weight is 354 g/mol. The highest BCUT2D eigenvalue weighted by Crippen LogP contribution is 2.28. The highest BCUT2D eigenvalue weighted by Gasteiger charge is 2.21. The van der Waals surface area contributed by atoms with Gasteiger partial charge in [-0.25, -0.2) is 0 Å². The van der Waals surface area contributed by atoms with Crippen LogP contribution in [0.1, 0.15) is 37.8 Å². The predicted octanol–water partition coefficient (Wildman–Crippen LogP) is 0.916. The van der Waals surface area contributed by atoms with Crippen LogP contribution < -0.4 is 26.6 Å². The van der Waals surface area contributed by atoms with E-state index in [1.54, 1.807) is 37.4 Å². The van der Waals surface area contributed by atoms with Gasteiger partial charge in [0, 0.05) is 36.7 Å². The SMILES string of the molecule is COc1cc(C(=O)NCc2cccc(C(N)=O)c2)ccc1C1CNNC1. The summed E-state index contributed by atoms with van der Waals surface area (Å²) in [6.45, 7) is 1.94. The van der Waals surface area contributed by atoms with Gasteiger partial charge in [-0.2, -0.15) is 0 Å². The zero-order valence-corrected chi connectivity index (χ0v) is 14.5. The van der Waals surface area contributed by atoms with Gasteiger partial charge >= 0.3 is 0 Å². The smallest absolute Gasteiger partial charge is 0.251 e. The van der Waals surface area contributed by atoms with Crippen LogP contribution in [0.2, 0.25) is 0 Å². The van der Waals surface area contributed by atoms with Gasteiger partial charge in [-0.05, 0) is 35.4 Å². The molecule has 2 aromatic carbocycles. The van der Waals surface area contributed by atoms with Crippen molar-refractivity contribution in [1.29, 1.82) is 0 Å². The molecule has 5 N–H and O–H groups in total. The van der Waals surface area contributed by atoms with E-state index in [4.69, 9.17) is 10.5 Å². The first-order chi connectivity index (χ1) is 12.6. The highest BCUT2D eigenvalue weighted by molar-refractivity contribution is 5.95. The van der Waals surface area contributed by atoms with E-state index in [2.05, 4.69) is 16.2 Å². The van der Waals surface area contributed by atoms with Gasteiger partial charge in [0.05, 0.1) is 7.11 Å². The van der Waals surface area contributed by atoms with Crippen LogP contribution >= 0.6 is 0 Å². The molecule has 2 amide bonds. The molecular formula is C19H22N4O3. The number of rotatable bonds is 6. The fourth-order valence-electron chi connectivity index (χ4n) is 2.99. The summed E-state index contributed by atoms with van der Waals surface area (Å²) in [6.07, 6.45) is 0. The minimum Gasteiger partial charge on any atom is -0.496 e. The van der Waals surface area contributed by atoms with Gasteiger partial charge in [-0.3, -0.25) is 20.4 Å². The Morgan fingerprint density at radius 3 is 2.62 bits per heavy atom. The lowest BCUT2D eigenvalue weighted by molar-refractivity contribution is 0.0950. The molecule has 0 bridgehead atoms. The van der Waals surface area contributed by atoms with Crippen molar-refractivity contribution in [2.45, 2.75) is 12.5 Å². The number of methoxy groups -OCH3 is 1. The molecule has 7 nitrogen and oxygen atoms in total.